The molecule has 0 amide bonds. The topological polar surface area (TPSA) is 84.9 Å². The Labute approximate surface area is 160 Å². The summed E-state index contributed by atoms with van der Waals surface area (Å²) in [4.78, 5) is 18.3. The highest BCUT2D eigenvalue weighted by Gasteiger charge is 2.23. The number of thiazole rings is 1. The normalized spacial score (nSPS) is 18.0. The lowest BCUT2D eigenvalue weighted by molar-refractivity contribution is -0.389. The molecule has 0 bridgehead atoms. The van der Waals surface area contributed by atoms with E-state index in [4.69, 9.17) is 4.74 Å². The van der Waals surface area contributed by atoms with Gasteiger partial charge in [-0.3, -0.25) is 4.90 Å². The van der Waals surface area contributed by atoms with Crippen LogP contribution in [0.15, 0.2) is 35.8 Å². The standard InChI is InChI=1S/C18H21N5O3S/c1-13-11-21(5-7-26-13)12-15-4-2-3-14(9-15)10-19-16-17(23(24)25)22-6-8-27-18(22)20-16/h2-4,6,8-9,13,19H,5,7,10-12H2,1H3. The Hall–Kier alpha value is -2.49. The number of aromatic nitrogens is 2. The molecule has 3 aromatic rings. The lowest BCUT2D eigenvalue weighted by atomic mass is 10.1. The van der Waals surface area contributed by atoms with Gasteiger partial charge < -0.3 is 20.2 Å². The van der Waals surface area contributed by atoms with Gasteiger partial charge in [-0.05, 0) is 23.0 Å². The molecule has 1 aliphatic heterocycles. The maximum absolute atomic E-state index is 11.4. The van der Waals surface area contributed by atoms with E-state index < -0.39 is 4.92 Å². The van der Waals surface area contributed by atoms with Gasteiger partial charge in [-0.25, -0.2) is 0 Å². The van der Waals surface area contributed by atoms with Crippen LogP contribution in [0.25, 0.3) is 4.96 Å². The number of fused-ring (bicyclic) bond motifs is 1. The Morgan fingerprint density at radius 1 is 1.44 bits per heavy atom. The second-order valence-electron chi connectivity index (χ2n) is 6.69. The number of ether oxygens (including phenoxy) is 1. The van der Waals surface area contributed by atoms with E-state index >= 15 is 0 Å². The Kier molecular flexibility index (Phi) is 5.06. The molecule has 1 atom stereocenters. The minimum atomic E-state index is -0.398. The number of nitrogens with one attached hydrogen (secondary N) is 1. The number of imidazole rings is 1. The zero-order valence-corrected chi connectivity index (χ0v) is 15.8. The maximum Gasteiger partial charge on any atom is 0.372 e. The van der Waals surface area contributed by atoms with E-state index in [1.807, 2.05) is 12.1 Å². The highest BCUT2D eigenvalue weighted by molar-refractivity contribution is 7.15. The van der Waals surface area contributed by atoms with Crippen molar-refractivity contribution >= 4 is 27.9 Å². The van der Waals surface area contributed by atoms with Crippen LogP contribution in [0.3, 0.4) is 0 Å². The largest absolute Gasteiger partial charge is 0.376 e. The minimum absolute atomic E-state index is 0.0234. The Balaban J connectivity index is 1.45. The van der Waals surface area contributed by atoms with Crippen LogP contribution >= 0.6 is 11.3 Å². The van der Waals surface area contributed by atoms with E-state index in [0.29, 0.717) is 17.3 Å². The predicted molar refractivity (Wildman–Crippen MR) is 104 cm³/mol. The second kappa shape index (κ2) is 7.63. The Morgan fingerprint density at radius 2 is 2.30 bits per heavy atom. The molecule has 1 N–H and O–H groups in total. The smallest absolute Gasteiger partial charge is 0.372 e. The van der Waals surface area contributed by atoms with Gasteiger partial charge in [0.2, 0.25) is 5.82 Å². The van der Waals surface area contributed by atoms with Crippen molar-refractivity contribution < 1.29 is 9.66 Å². The molecule has 4 rings (SSSR count). The summed E-state index contributed by atoms with van der Waals surface area (Å²) in [6.45, 7) is 6.09. The van der Waals surface area contributed by atoms with Gasteiger partial charge in [-0.1, -0.05) is 35.6 Å². The number of nitro groups is 1. The van der Waals surface area contributed by atoms with Crippen LogP contribution in [0.2, 0.25) is 0 Å². The third-order valence-electron chi connectivity index (χ3n) is 4.59. The van der Waals surface area contributed by atoms with E-state index in [9.17, 15) is 10.1 Å². The van der Waals surface area contributed by atoms with Crippen LogP contribution in [0, 0.1) is 10.1 Å². The van der Waals surface area contributed by atoms with Crippen molar-refractivity contribution in [2.45, 2.75) is 26.1 Å². The maximum atomic E-state index is 11.4. The molecule has 27 heavy (non-hydrogen) atoms. The quantitative estimate of drug-likeness (QED) is 0.517. The van der Waals surface area contributed by atoms with E-state index in [2.05, 4.69) is 34.3 Å². The summed E-state index contributed by atoms with van der Waals surface area (Å²) in [5.74, 6) is 0.281. The zero-order valence-electron chi connectivity index (χ0n) is 15.0. The summed E-state index contributed by atoms with van der Waals surface area (Å²) in [5.41, 5.74) is 2.29. The summed E-state index contributed by atoms with van der Waals surface area (Å²) >= 11 is 1.38. The first-order valence-electron chi connectivity index (χ1n) is 8.86. The summed E-state index contributed by atoms with van der Waals surface area (Å²) in [5, 5.41) is 16.3. The van der Waals surface area contributed by atoms with Crippen LogP contribution in [-0.4, -0.2) is 45.0 Å². The minimum Gasteiger partial charge on any atom is -0.376 e. The van der Waals surface area contributed by atoms with Gasteiger partial charge >= 0.3 is 5.82 Å². The molecule has 9 heteroatoms. The van der Waals surface area contributed by atoms with Gasteiger partial charge in [0.05, 0.1) is 12.7 Å². The molecule has 1 saturated heterocycles. The first kappa shape index (κ1) is 17.9. The van der Waals surface area contributed by atoms with E-state index in [0.717, 1.165) is 31.8 Å². The molecule has 1 unspecified atom stereocenters. The van der Waals surface area contributed by atoms with Gasteiger partial charge in [0, 0.05) is 31.6 Å². The molecule has 2 aromatic heterocycles. The van der Waals surface area contributed by atoms with Crippen molar-refractivity contribution in [1.82, 2.24) is 14.3 Å². The number of hydrogen-bond donors (Lipinski definition) is 1. The molecule has 1 aliphatic rings. The number of benzene rings is 1. The van der Waals surface area contributed by atoms with Crippen molar-refractivity contribution in [3.8, 4) is 0 Å². The van der Waals surface area contributed by atoms with Crippen molar-refractivity contribution in [2.24, 2.45) is 0 Å². The third-order valence-corrected chi connectivity index (χ3v) is 5.35. The molecule has 1 fully saturated rings. The molecule has 3 heterocycles. The second-order valence-corrected chi connectivity index (χ2v) is 7.56. The average Bonchev–Trinajstić information content (AvgIpc) is 3.20. The van der Waals surface area contributed by atoms with E-state index in [1.54, 1.807) is 11.6 Å². The van der Waals surface area contributed by atoms with Crippen LogP contribution in [0.1, 0.15) is 18.1 Å². The monoisotopic (exact) mass is 387 g/mol. The van der Waals surface area contributed by atoms with E-state index in [1.165, 1.54) is 21.3 Å². The summed E-state index contributed by atoms with van der Waals surface area (Å²) in [6.07, 6.45) is 1.93. The number of rotatable bonds is 6. The summed E-state index contributed by atoms with van der Waals surface area (Å²) in [6, 6.07) is 8.29. The van der Waals surface area contributed by atoms with Crippen LogP contribution in [0.4, 0.5) is 11.6 Å². The summed E-state index contributed by atoms with van der Waals surface area (Å²) in [7, 11) is 0. The van der Waals surface area contributed by atoms with Gasteiger partial charge in [0.1, 0.15) is 6.20 Å². The molecule has 0 saturated carbocycles. The number of nitrogens with zero attached hydrogens (tertiary/aromatic N) is 4. The third kappa shape index (κ3) is 3.95. The molecule has 142 valence electrons. The highest BCUT2D eigenvalue weighted by Crippen LogP contribution is 2.28. The lowest BCUT2D eigenvalue weighted by Gasteiger charge is -2.31. The molecule has 8 nitrogen and oxygen atoms in total. The first-order valence-corrected chi connectivity index (χ1v) is 9.73. The Morgan fingerprint density at radius 3 is 3.11 bits per heavy atom. The van der Waals surface area contributed by atoms with Gasteiger partial charge in [0.25, 0.3) is 4.96 Å². The predicted octanol–water partition coefficient (Wildman–Crippen LogP) is 3.14. The highest BCUT2D eigenvalue weighted by atomic mass is 32.1. The lowest BCUT2D eigenvalue weighted by Crippen LogP contribution is -2.40. The fourth-order valence-electron chi connectivity index (χ4n) is 3.38. The fourth-order valence-corrected chi connectivity index (χ4v) is 4.09. The molecule has 0 aliphatic carbocycles. The van der Waals surface area contributed by atoms with Gasteiger partial charge in [-0.2, -0.15) is 9.38 Å². The van der Waals surface area contributed by atoms with Crippen molar-refractivity contribution in [3.63, 3.8) is 0 Å². The van der Waals surface area contributed by atoms with Crippen LogP contribution in [-0.2, 0) is 17.8 Å². The molecule has 1 aromatic carbocycles. The SMILES string of the molecule is CC1CN(Cc2cccc(CNc3nc4sccn4c3[N+](=O)[O-])c2)CCO1. The van der Waals surface area contributed by atoms with Crippen LogP contribution in [0.5, 0.6) is 0 Å². The number of morpholine rings is 1. The average molecular weight is 387 g/mol. The molecular formula is C18H21N5O3S. The van der Waals surface area contributed by atoms with Crippen molar-refractivity contribution in [1.29, 1.82) is 0 Å². The molecule has 0 spiro atoms. The van der Waals surface area contributed by atoms with E-state index in [-0.39, 0.29) is 11.9 Å². The molecule has 0 radical (unpaired) electrons. The number of hydrogen-bond acceptors (Lipinski definition) is 7. The van der Waals surface area contributed by atoms with Gasteiger partial charge in [0.15, 0.2) is 0 Å². The number of anilines is 1. The van der Waals surface area contributed by atoms with Crippen molar-refractivity contribution in [3.05, 3.63) is 57.1 Å². The van der Waals surface area contributed by atoms with Crippen molar-refractivity contribution in [2.75, 3.05) is 25.0 Å². The van der Waals surface area contributed by atoms with Gasteiger partial charge in [-0.15, -0.1) is 0 Å². The zero-order chi connectivity index (χ0) is 18.8. The Bertz CT molecular complexity index is 954. The molecular weight excluding hydrogens is 366 g/mol. The van der Waals surface area contributed by atoms with Crippen LogP contribution < -0.4 is 5.32 Å². The summed E-state index contributed by atoms with van der Waals surface area (Å²) < 4.78 is 7.09. The fraction of sp³-hybridized carbons (Fsp3) is 0.389. The first-order chi connectivity index (χ1) is 13.1.